The first-order valence-electron chi connectivity index (χ1n) is 6.29. The molecule has 1 heterocycles. The van der Waals surface area contributed by atoms with E-state index in [4.69, 9.17) is 4.74 Å². The quantitative estimate of drug-likeness (QED) is 0.758. The monoisotopic (exact) mass is 212 g/mol. The Hall–Kier alpha value is -0.120. The minimum absolute atomic E-state index is 0.400. The van der Waals surface area contributed by atoms with Gasteiger partial charge in [0.2, 0.25) is 0 Å². The molecule has 0 radical (unpaired) electrons. The molecule has 2 aliphatic rings. The van der Waals surface area contributed by atoms with Gasteiger partial charge < -0.3 is 15.0 Å². The summed E-state index contributed by atoms with van der Waals surface area (Å²) in [6.07, 6.45) is 4.54. The number of ether oxygens (including phenoxy) is 1. The Morgan fingerprint density at radius 1 is 1.40 bits per heavy atom. The summed E-state index contributed by atoms with van der Waals surface area (Å²) >= 11 is 0. The molecule has 3 atom stereocenters. The molecular weight excluding hydrogens is 188 g/mol. The molecule has 0 spiro atoms. The lowest BCUT2D eigenvalue weighted by molar-refractivity contribution is -0.0196. The molecule has 0 aromatic heterocycles. The van der Waals surface area contributed by atoms with E-state index in [1.165, 1.54) is 19.3 Å². The third kappa shape index (κ3) is 3.16. The topological polar surface area (TPSA) is 24.5 Å². The van der Waals surface area contributed by atoms with Gasteiger partial charge in [0.25, 0.3) is 0 Å². The average Bonchev–Trinajstić information content (AvgIpc) is 2.61. The SMILES string of the molecule is C[C@@H]1CCC[C@@H]1NC[C@H]1CN(C)CCO1. The Morgan fingerprint density at radius 3 is 2.93 bits per heavy atom. The number of morpholine rings is 1. The molecule has 0 aromatic rings. The van der Waals surface area contributed by atoms with Crippen LogP contribution in [0.15, 0.2) is 0 Å². The van der Waals surface area contributed by atoms with E-state index in [9.17, 15) is 0 Å². The normalized spacial score (nSPS) is 38.4. The van der Waals surface area contributed by atoms with Crippen molar-refractivity contribution in [1.82, 2.24) is 10.2 Å². The van der Waals surface area contributed by atoms with E-state index in [-0.39, 0.29) is 0 Å². The van der Waals surface area contributed by atoms with Crippen molar-refractivity contribution in [3.05, 3.63) is 0 Å². The Bertz CT molecular complexity index is 198. The number of nitrogens with zero attached hydrogens (tertiary/aromatic N) is 1. The van der Waals surface area contributed by atoms with Crippen molar-refractivity contribution in [1.29, 1.82) is 0 Å². The van der Waals surface area contributed by atoms with Gasteiger partial charge in [-0.05, 0) is 25.8 Å². The molecule has 0 unspecified atom stereocenters. The Morgan fingerprint density at radius 2 is 2.27 bits per heavy atom. The molecule has 2 rings (SSSR count). The van der Waals surface area contributed by atoms with Crippen LogP contribution >= 0.6 is 0 Å². The standard InChI is InChI=1S/C12H24N2O/c1-10-4-3-5-12(10)13-8-11-9-14(2)6-7-15-11/h10-13H,3-9H2,1-2H3/t10-,11+,12+/m1/s1. The van der Waals surface area contributed by atoms with Crippen LogP contribution in [0.1, 0.15) is 26.2 Å². The first kappa shape index (κ1) is 11.4. The predicted molar refractivity (Wildman–Crippen MR) is 62.0 cm³/mol. The molecular formula is C12H24N2O. The number of rotatable bonds is 3. The maximum absolute atomic E-state index is 5.74. The van der Waals surface area contributed by atoms with Crippen LogP contribution in [0, 0.1) is 5.92 Å². The van der Waals surface area contributed by atoms with E-state index in [2.05, 4.69) is 24.2 Å². The third-order valence-electron chi connectivity index (χ3n) is 3.81. The van der Waals surface area contributed by atoms with Crippen LogP contribution in [0.2, 0.25) is 0 Å². The van der Waals surface area contributed by atoms with Crippen LogP contribution in [-0.4, -0.2) is 50.3 Å². The number of nitrogens with one attached hydrogen (secondary N) is 1. The minimum Gasteiger partial charge on any atom is -0.374 e. The highest BCUT2D eigenvalue weighted by Gasteiger charge is 2.24. The van der Waals surface area contributed by atoms with Gasteiger partial charge in [-0.2, -0.15) is 0 Å². The van der Waals surface area contributed by atoms with E-state index in [0.29, 0.717) is 6.10 Å². The lowest BCUT2D eigenvalue weighted by Crippen LogP contribution is -2.47. The lowest BCUT2D eigenvalue weighted by atomic mass is 10.1. The second-order valence-electron chi connectivity index (χ2n) is 5.18. The molecule has 1 aliphatic heterocycles. The highest BCUT2D eigenvalue weighted by Crippen LogP contribution is 2.24. The molecule has 15 heavy (non-hydrogen) atoms. The zero-order valence-corrected chi connectivity index (χ0v) is 10.0. The Kier molecular flexibility index (Phi) is 4.00. The molecule has 1 aliphatic carbocycles. The van der Waals surface area contributed by atoms with Gasteiger partial charge in [0, 0.05) is 25.7 Å². The summed E-state index contributed by atoms with van der Waals surface area (Å²) in [4.78, 5) is 2.36. The van der Waals surface area contributed by atoms with Crippen LogP contribution in [0.4, 0.5) is 0 Å². The minimum atomic E-state index is 0.400. The zero-order chi connectivity index (χ0) is 10.7. The van der Waals surface area contributed by atoms with Gasteiger partial charge in [-0.25, -0.2) is 0 Å². The molecule has 1 saturated carbocycles. The van der Waals surface area contributed by atoms with Crippen molar-refractivity contribution < 1.29 is 4.74 Å². The largest absolute Gasteiger partial charge is 0.374 e. The van der Waals surface area contributed by atoms with Gasteiger partial charge in [-0.1, -0.05) is 13.3 Å². The highest BCUT2D eigenvalue weighted by atomic mass is 16.5. The number of hydrogen-bond donors (Lipinski definition) is 1. The Labute approximate surface area is 93.2 Å². The zero-order valence-electron chi connectivity index (χ0n) is 10.0. The maximum Gasteiger partial charge on any atom is 0.0826 e. The maximum atomic E-state index is 5.74. The molecule has 0 aromatic carbocycles. The summed E-state index contributed by atoms with van der Waals surface area (Å²) < 4.78 is 5.74. The van der Waals surface area contributed by atoms with Gasteiger partial charge in [0.05, 0.1) is 12.7 Å². The fourth-order valence-electron chi connectivity index (χ4n) is 2.72. The number of hydrogen-bond acceptors (Lipinski definition) is 3. The summed E-state index contributed by atoms with van der Waals surface area (Å²) in [6.45, 7) is 6.44. The van der Waals surface area contributed by atoms with Crippen molar-refractivity contribution in [3.8, 4) is 0 Å². The Balaban J connectivity index is 1.68. The highest BCUT2D eigenvalue weighted by molar-refractivity contribution is 4.82. The van der Waals surface area contributed by atoms with Crippen molar-refractivity contribution in [2.75, 3.05) is 33.3 Å². The fraction of sp³-hybridized carbons (Fsp3) is 1.00. The van der Waals surface area contributed by atoms with Crippen LogP contribution in [0.3, 0.4) is 0 Å². The summed E-state index contributed by atoms with van der Waals surface area (Å²) in [6, 6.07) is 0.737. The molecule has 0 bridgehead atoms. The smallest absolute Gasteiger partial charge is 0.0826 e. The molecule has 0 amide bonds. The van der Waals surface area contributed by atoms with E-state index in [0.717, 1.165) is 38.2 Å². The van der Waals surface area contributed by atoms with E-state index >= 15 is 0 Å². The first-order chi connectivity index (χ1) is 7.25. The van der Waals surface area contributed by atoms with Crippen LogP contribution in [0.25, 0.3) is 0 Å². The van der Waals surface area contributed by atoms with E-state index < -0.39 is 0 Å². The average molecular weight is 212 g/mol. The summed E-state index contributed by atoms with van der Waals surface area (Å²) in [5, 5.41) is 3.67. The molecule has 88 valence electrons. The molecule has 2 fully saturated rings. The van der Waals surface area contributed by atoms with Crippen LogP contribution < -0.4 is 5.32 Å². The molecule has 3 nitrogen and oxygen atoms in total. The second-order valence-corrected chi connectivity index (χ2v) is 5.18. The summed E-state index contributed by atoms with van der Waals surface area (Å²) in [7, 11) is 2.17. The van der Waals surface area contributed by atoms with Gasteiger partial charge in [-0.3, -0.25) is 0 Å². The van der Waals surface area contributed by atoms with Crippen molar-refractivity contribution >= 4 is 0 Å². The van der Waals surface area contributed by atoms with E-state index in [1.54, 1.807) is 0 Å². The van der Waals surface area contributed by atoms with Crippen molar-refractivity contribution in [3.63, 3.8) is 0 Å². The van der Waals surface area contributed by atoms with Gasteiger partial charge >= 0.3 is 0 Å². The lowest BCUT2D eigenvalue weighted by Gasteiger charge is -2.31. The second kappa shape index (κ2) is 5.28. The van der Waals surface area contributed by atoms with Crippen molar-refractivity contribution in [2.24, 2.45) is 5.92 Å². The van der Waals surface area contributed by atoms with Crippen molar-refractivity contribution in [2.45, 2.75) is 38.3 Å². The van der Waals surface area contributed by atoms with Crippen LogP contribution in [0.5, 0.6) is 0 Å². The summed E-state index contributed by atoms with van der Waals surface area (Å²) in [5.74, 6) is 0.853. The van der Waals surface area contributed by atoms with Crippen LogP contribution in [-0.2, 0) is 4.74 Å². The van der Waals surface area contributed by atoms with Gasteiger partial charge in [0.15, 0.2) is 0 Å². The molecule has 3 heteroatoms. The van der Waals surface area contributed by atoms with E-state index in [1.807, 2.05) is 0 Å². The number of likely N-dealkylation sites (N-methyl/N-ethyl adjacent to an activating group) is 1. The van der Waals surface area contributed by atoms with Gasteiger partial charge in [-0.15, -0.1) is 0 Å². The molecule has 1 saturated heterocycles. The fourth-order valence-corrected chi connectivity index (χ4v) is 2.72. The molecule has 1 N–H and O–H groups in total. The predicted octanol–water partition coefficient (Wildman–Crippen LogP) is 1.10. The summed E-state index contributed by atoms with van der Waals surface area (Å²) in [5.41, 5.74) is 0. The third-order valence-corrected chi connectivity index (χ3v) is 3.81. The first-order valence-corrected chi connectivity index (χ1v) is 6.29. The van der Waals surface area contributed by atoms with Gasteiger partial charge in [0.1, 0.15) is 0 Å².